The van der Waals surface area contributed by atoms with Crippen molar-refractivity contribution < 1.29 is 4.79 Å². The van der Waals surface area contributed by atoms with E-state index >= 15 is 0 Å². The molecule has 1 fully saturated rings. The van der Waals surface area contributed by atoms with Crippen LogP contribution in [0, 0.1) is 0 Å². The topological polar surface area (TPSA) is 81.3 Å². The van der Waals surface area contributed by atoms with E-state index in [1.807, 2.05) is 12.1 Å². The van der Waals surface area contributed by atoms with Crippen molar-refractivity contribution in [2.75, 3.05) is 54.8 Å². The summed E-state index contributed by atoms with van der Waals surface area (Å²) < 4.78 is 0. The van der Waals surface area contributed by atoms with E-state index in [-0.39, 0.29) is 5.91 Å². The van der Waals surface area contributed by atoms with Crippen molar-refractivity contribution in [3.8, 4) is 0 Å². The minimum atomic E-state index is -0.158. The van der Waals surface area contributed by atoms with E-state index in [4.69, 9.17) is 11.6 Å². The monoisotopic (exact) mass is 372 g/mol. The summed E-state index contributed by atoms with van der Waals surface area (Å²) >= 11 is 6.14. The van der Waals surface area contributed by atoms with Gasteiger partial charge in [-0.3, -0.25) is 4.79 Å². The summed E-state index contributed by atoms with van der Waals surface area (Å²) in [4.78, 5) is 19.0. The molecule has 7 nitrogen and oxygen atoms in total. The number of halogens is 1. The molecule has 1 saturated heterocycles. The fourth-order valence-electron chi connectivity index (χ4n) is 3.25. The zero-order chi connectivity index (χ0) is 17.9. The van der Waals surface area contributed by atoms with Crippen LogP contribution >= 0.6 is 11.6 Å². The molecule has 0 atom stereocenters. The highest BCUT2D eigenvalue weighted by atomic mass is 35.5. The van der Waals surface area contributed by atoms with E-state index in [1.54, 1.807) is 6.07 Å². The highest BCUT2D eigenvalue weighted by Crippen LogP contribution is 2.30. The molecule has 26 heavy (non-hydrogen) atoms. The lowest BCUT2D eigenvalue weighted by Gasteiger charge is -2.29. The van der Waals surface area contributed by atoms with Crippen molar-refractivity contribution in [3.63, 3.8) is 0 Å². The molecule has 0 radical (unpaired) electrons. The van der Waals surface area contributed by atoms with Crippen LogP contribution in [-0.2, 0) is 0 Å². The van der Waals surface area contributed by atoms with Gasteiger partial charge in [-0.15, -0.1) is 0 Å². The number of piperazine rings is 1. The first kappa shape index (κ1) is 16.9. The Balaban J connectivity index is 1.59. The van der Waals surface area contributed by atoms with Crippen LogP contribution in [0.3, 0.4) is 0 Å². The summed E-state index contributed by atoms with van der Waals surface area (Å²) in [6.07, 6.45) is 0. The van der Waals surface area contributed by atoms with Gasteiger partial charge in [-0.1, -0.05) is 11.6 Å². The number of hydrogen-bond donors (Lipinski definition) is 4. The van der Waals surface area contributed by atoms with E-state index in [0.29, 0.717) is 35.3 Å². The molecule has 0 unspecified atom stereocenters. The summed E-state index contributed by atoms with van der Waals surface area (Å²) in [6, 6.07) is 9.89. The van der Waals surface area contributed by atoms with Crippen molar-refractivity contribution in [1.29, 1.82) is 0 Å². The smallest absolute Gasteiger partial charge is 0.257 e. The third-order valence-corrected chi connectivity index (χ3v) is 4.74. The van der Waals surface area contributed by atoms with Gasteiger partial charge >= 0.3 is 0 Å². The number of amides is 1. The molecule has 3 heterocycles. The highest BCUT2D eigenvalue weighted by Gasteiger charge is 2.21. The second-order valence-corrected chi connectivity index (χ2v) is 6.69. The van der Waals surface area contributed by atoms with Crippen molar-refractivity contribution in [2.45, 2.75) is 0 Å². The Hall–Kier alpha value is -2.51. The minimum Gasteiger partial charge on any atom is -0.369 e. The van der Waals surface area contributed by atoms with E-state index in [1.165, 1.54) is 5.69 Å². The normalized spacial score (nSPS) is 17.0. The Morgan fingerprint density at radius 3 is 2.54 bits per heavy atom. The molecule has 2 aliphatic rings. The first-order valence-electron chi connectivity index (χ1n) is 8.76. The van der Waals surface area contributed by atoms with E-state index < -0.39 is 0 Å². The van der Waals surface area contributed by atoms with Crippen LogP contribution in [0.1, 0.15) is 10.4 Å². The SMILES string of the molecule is O=C1NCCNc2nc(Cl)cc(Nc3ccc(N4CCNCC4)cc3)c21. The first-order valence-corrected chi connectivity index (χ1v) is 9.14. The predicted molar refractivity (Wildman–Crippen MR) is 105 cm³/mol. The average Bonchev–Trinajstić information content (AvgIpc) is 2.84. The second-order valence-electron chi connectivity index (χ2n) is 6.31. The van der Waals surface area contributed by atoms with Crippen molar-refractivity contribution >= 4 is 40.4 Å². The first-order chi connectivity index (χ1) is 12.7. The maximum absolute atomic E-state index is 12.4. The van der Waals surface area contributed by atoms with Gasteiger partial charge in [0.05, 0.1) is 5.69 Å². The van der Waals surface area contributed by atoms with Crippen LogP contribution < -0.4 is 26.2 Å². The third kappa shape index (κ3) is 3.54. The number of fused-ring (bicyclic) bond motifs is 1. The van der Waals surface area contributed by atoms with Crippen molar-refractivity contribution in [1.82, 2.24) is 15.6 Å². The molecule has 4 rings (SSSR count). The molecular weight excluding hydrogens is 352 g/mol. The average molecular weight is 373 g/mol. The van der Waals surface area contributed by atoms with Crippen molar-refractivity contribution in [3.05, 3.63) is 41.0 Å². The minimum absolute atomic E-state index is 0.158. The molecule has 1 aromatic carbocycles. The van der Waals surface area contributed by atoms with Crippen molar-refractivity contribution in [2.24, 2.45) is 0 Å². The van der Waals surface area contributed by atoms with E-state index in [9.17, 15) is 4.79 Å². The molecule has 2 aliphatic heterocycles. The molecule has 4 N–H and O–H groups in total. The number of nitrogens with zero attached hydrogens (tertiary/aromatic N) is 2. The standard InChI is InChI=1S/C18H21ClN6O/c19-15-11-14(16-17(24-15)21-5-6-22-18(16)26)23-12-1-3-13(4-2-12)25-9-7-20-8-10-25/h1-4,11,20H,5-10H2,(H,22,26)(H2,21,23,24). The summed E-state index contributed by atoms with van der Waals surface area (Å²) in [6.45, 7) is 5.18. The summed E-state index contributed by atoms with van der Waals surface area (Å²) in [5.41, 5.74) is 3.22. The van der Waals surface area contributed by atoms with E-state index in [0.717, 1.165) is 31.9 Å². The lowest BCUT2D eigenvalue weighted by Crippen LogP contribution is -2.43. The molecule has 0 spiro atoms. The van der Waals surface area contributed by atoms with Gasteiger partial charge in [0.2, 0.25) is 0 Å². The number of anilines is 4. The van der Waals surface area contributed by atoms with Crippen LogP contribution in [0.15, 0.2) is 30.3 Å². The molecule has 1 aromatic heterocycles. The van der Waals surface area contributed by atoms with Gasteiger partial charge in [-0.25, -0.2) is 4.98 Å². The lowest BCUT2D eigenvalue weighted by molar-refractivity contribution is 0.0958. The Labute approximate surface area is 157 Å². The number of carbonyl (C=O) groups excluding carboxylic acids is 1. The van der Waals surface area contributed by atoms with Crippen LogP contribution in [0.2, 0.25) is 5.15 Å². The van der Waals surface area contributed by atoms with Gasteiger partial charge in [0.1, 0.15) is 16.5 Å². The fourth-order valence-corrected chi connectivity index (χ4v) is 3.44. The Morgan fingerprint density at radius 2 is 1.77 bits per heavy atom. The predicted octanol–water partition coefficient (Wildman–Crippen LogP) is 2.04. The number of pyridine rings is 1. The van der Waals surface area contributed by atoms with Crippen LogP contribution in [0.25, 0.3) is 0 Å². The highest BCUT2D eigenvalue weighted by molar-refractivity contribution is 6.30. The third-order valence-electron chi connectivity index (χ3n) is 4.55. The molecule has 2 aromatic rings. The summed E-state index contributed by atoms with van der Waals surface area (Å²) in [5, 5.41) is 13.0. The second kappa shape index (κ2) is 7.39. The number of rotatable bonds is 3. The number of aromatic nitrogens is 1. The van der Waals surface area contributed by atoms with Gasteiger partial charge < -0.3 is 26.2 Å². The van der Waals surface area contributed by atoms with Gasteiger partial charge in [-0.05, 0) is 30.3 Å². The lowest BCUT2D eigenvalue weighted by atomic mass is 10.1. The molecule has 8 heteroatoms. The molecule has 1 amide bonds. The zero-order valence-corrected chi connectivity index (χ0v) is 15.1. The Bertz CT molecular complexity index is 804. The molecule has 0 bridgehead atoms. The molecule has 0 saturated carbocycles. The maximum atomic E-state index is 12.4. The van der Waals surface area contributed by atoms with Crippen LogP contribution in [0.4, 0.5) is 22.9 Å². The van der Waals surface area contributed by atoms with Crippen LogP contribution in [0.5, 0.6) is 0 Å². The largest absolute Gasteiger partial charge is 0.369 e. The summed E-state index contributed by atoms with van der Waals surface area (Å²) in [5.74, 6) is 0.349. The molecular formula is C18H21ClN6O. The van der Waals surface area contributed by atoms with Gasteiger partial charge in [0.25, 0.3) is 5.91 Å². The van der Waals surface area contributed by atoms with Crippen LogP contribution in [-0.4, -0.2) is 50.2 Å². The van der Waals surface area contributed by atoms with Gasteiger partial charge in [-0.2, -0.15) is 0 Å². The quantitative estimate of drug-likeness (QED) is 0.617. The number of hydrogen-bond acceptors (Lipinski definition) is 6. The van der Waals surface area contributed by atoms with Gasteiger partial charge in [0, 0.05) is 50.6 Å². The number of carbonyl (C=O) groups is 1. The van der Waals surface area contributed by atoms with Gasteiger partial charge in [0.15, 0.2) is 0 Å². The maximum Gasteiger partial charge on any atom is 0.257 e. The molecule has 0 aliphatic carbocycles. The Morgan fingerprint density at radius 1 is 1.04 bits per heavy atom. The summed E-state index contributed by atoms with van der Waals surface area (Å²) in [7, 11) is 0. The fraction of sp³-hybridized carbons (Fsp3) is 0.333. The zero-order valence-electron chi connectivity index (χ0n) is 14.3. The Kier molecular flexibility index (Phi) is 4.81. The number of benzene rings is 1. The van der Waals surface area contributed by atoms with E-state index in [2.05, 4.69) is 43.3 Å². The number of nitrogens with one attached hydrogen (secondary N) is 4. The molecule has 136 valence electrons.